The van der Waals surface area contributed by atoms with Crippen LogP contribution in [0.1, 0.15) is 59.3 Å². The lowest BCUT2D eigenvalue weighted by Gasteiger charge is -2.61. The van der Waals surface area contributed by atoms with E-state index in [0.29, 0.717) is 30.6 Å². The molecule has 3 nitrogen and oxygen atoms in total. The third kappa shape index (κ3) is 1.77. The van der Waals surface area contributed by atoms with Gasteiger partial charge in [-0.3, -0.25) is 9.59 Å². The first-order valence-electron chi connectivity index (χ1n) is 9.36. The molecule has 4 rings (SSSR count). The number of aliphatic hydroxyl groups is 1. The fourth-order valence-corrected chi connectivity index (χ4v) is 6.73. The second-order valence-electron chi connectivity index (χ2n) is 9.03. The summed E-state index contributed by atoms with van der Waals surface area (Å²) < 4.78 is 0. The molecule has 0 saturated heterocycles. The number of carbonyl (C=O) groups excluding carboxylic acids is 2. The Balaban J connectivity index is 1.74. The summed E-state index contributed by atoms with van der Waals surface area (Å²) in [6.45, 7) is 6.02. The summed E-state index contributed by atoms with van der Waals surface area (Å²) in [4.78, 5) is 25.0. The second kappa shape index (κ2) is 4.91. The third-order valence-electron chi connectivity index (χ3n) is 8.16. The van der Waals surface area contributed by atoms with E-state index in [0.717, 1.165) is 31.3 Å². The Morgan fingerprint density at radius 3 is 2.62 bits per heavy atom. The zero-order valence-electron chi connectivity index (χ0n) is 15.0. The van der Waals surface area contributed by atoms with E-state index in [1.807, 2.05) is 6.08 Å². The van der Waals surface area contributed by atoms with Gasteiger partial charge in [-0.15, -0.1) is 0 Å². The molecule has 4 aliphatic rings. The SMILES string of the molecule is CC(=O)C1=CC[C@H]2[C@@H]3CC(=O)[C@@]4(O)CC=CC[C@]4(C)[C@H]3CC[C@]12C. The van der Waals surface area contributed by atoms with Crippen LogP contribution in [0.25, 0.3) is 0 Å². The minimum absolute atomic E-state index is 0.0242. The van der Waals surface area contributed by atoms with Gasteiger partial charge in [-0.25, -0.2) is 0 Å². The molecule has 3 heteroatoms. The highest BCUT2D eigenvalue weighted by atomic mass is 16.3. The van der Waals surface area contributed by atoms with Crippen molar-refractivity contribution in [2.45, 2.75) is 64.9 Å². The number of fused-ring (bicyclic) bond motifs is 5. The highest BCUT2D eigenvalue weighted by Gasteiger charge is 2.65. The van der Waals surface area contributed by atoms with Crippen molar-refractivity contribution in [2.24, 2.45) is 28.6 Å². The predicted molar refractivity (Wildman–Crippen MR) is 92.2 cm³/mol. The van der Waals surface area contributed by atoms with E-state index in [9.17, 15) is 14.7 Å². The second-order valence-corrected chi connectivity index (χ2v) is 9.03. The van der Waals surface area contributed by atoms with Gasteiger partial charge >= 0.3 is 0 Å². The molecule has 0 aromatic carbocycles. The van der Waals surface area contributed by atoms with Crippen molar-refractivity contribution in [1.82, 2.24) is 0 Å². The summed E-state index contributed by atoms with van der Waals surface area (Å²) in [6, 6.07) is 0. The summed E-state index contributed by atoms with van der Waals surface area (Å²) in [6.07, 6.45) is 10.9. The lowest BCUT2D eigenvalue weighted by molar-refractivity contribution is -0.190. The van der Waals surface area contributed by atoms with E-state index in [2.05, 4.69) is 26.0 Å². The molecule has 130 valence electrons. The normalized spacial score (nSPS) is 49.9. The summed E-state index contributed by atoms with van der Waals surface area (Å²) in [5.41, 5.74) is -0.648. The van der Waals surface area contributed by atoms with Crippen molar-refractivity contribution in [3.8, 4) is 0 Å². The number of carbonyl (C=O) groups is 2. The third-order valence-corrected chi connectivity index (χ3v) is 8.16. The van der Waals surface area contributed by atoms with Crippen molar-refractivity contribution >= 4 is 11.6 Å². The zero-order valence-corrected chi connectivity index (χ0v) is 15.0. The van der Waals surface area contributed by atoms with E-state index in [1.54, 1.807) is 6.92 Å². The molecule has 6 atom stereocenters. The quantitative estimate of drug-likeness (QED) is 0.748. The largest absolute Gasteiger partial charge is 0.381 e. The maximum absolute atomic E-state index is 13.0. The Morgan fingerprint density at radius 2 is 1.92 bits per heavy atom. The minimum Gasteiger partial charge on any atom is -0.381 e. The van der Waals surface area contributed by atoms with Crippen molar-refractivity contribution in [3.05, 3.63) is 23.8 Å². The van der Waals surface area contributed by atoms with E-state index in [4.69, 9.17) is 0 Å². The Morgan fingerprint density at radius 1 is 1.21 bits per heavy atom. The first kappa shape index (κ1) is 16.3. The van der Waals surface area contributed by atoms with Crippen LogP contribution in [0.5, 0.6) is 0 Å². The molecular weight excluding hydrogens is 300 g/mol. The summed E-state index contributed by atoms with van der Waals surface area (Å²) in [5.74, 6) is 1.23. The lowest BCUT2D eigenvalue weighted by Crippen LogP contribution is -2.65. The molecule has 0 heterocycles. The lowest BCUT2D eigenvalue weighted by atomic mass is 9.43. The van der Waals surface area contributed by atoms with Gasteiger partial charge in [0.15, 0.2) is 11.6 Å². The monoisotopic (exact) mass is 328 g/mol. The smallest absolute Gasteiger partial charge is 0.165 e. The maximum Gasteiger partial charge on any atom is 0.165 e. The van der Waals surface area contributed by atoms with Crippen LogP contribution in [0.2, 0.25) is 0 Å². The van der Waals surface area contributed by atoms with Gasteiger partial charge in [0, 0.05) is 18.3 Å². The fourth-order valence-electron chi connectivity index (χ4n) is 6.73. The number of hydrogen-bond donors (Lipinski definition) is 1. The van der Waals surface area contributed by atoms with Crippen molar-refractivity contribution in [1.29, 1.82) is 0 Å². The molecule has 0 radical (unpaired) electrons. The van der Waals surface area contributed by atoms with Crippen LogP contribution >= 0.6 is 0 Å². The van der Waals surface area contributed by atoms with Crippen molar-refractivity contribution in [3.63, 3.8) is 0 Å². The summed E-state index contributed by atoms with van der Waals surface area (Å²) >= 11 is 0. The number of Topliss-reactive ketones (excluding diaryl/α,β-unsaturated/α-hetero) is 2. The Bertz CT molecular complexity index is 675. The molecule has 1 N–H and O–H groups in total. The molecule has 0 unspecified atom stereocenters. The molecule has 4 aliphatic carbocycles. The van der Waals surface area contributed by atoms with Gasteiger partial charge in [-0.1, -0.05) is 32.1 Å². The van der Waals surface area contributed by atoms with Gasteiger partial charge in [0.25, 0.3) is 0 Å². The zero-order chi connectivity index (χ0) is 17.3. The van der Waals surface area contributed by atoms with E-state index < -0.39 is 5.60 Å². The van der Waals surface area contributed by atoms with Crippen LogP contribution in [0.15, 0.2) is 23.8 Å². The summed E-state index contributed by atoms with van der Waals surface area (Å²) in [7, 11) is 0. The average molecular weight is 328 g/mol. The van der Waals surface area contributed by atoms with E-state index in [-0.39, 0.29) is 22.4 Å². The van der Waals surface area contributed by atoms with Crippen LogP contribution in [-0.2, 0) is 9.59 Å². The van der Waals surface area contributed by atoms with E-state index >= 15 is 0 Å². The topological polar surface area (TPSA) is 54.4 Å². The molecule has 2 saturated carbocycles. The Hall–Kier alpha value is -1.22. The minimum atomic E-state index is -1.19. The highest BCUT2D eigenvalue weighted by Crippen LogP contribution is 2.65. The molecule has 0 spiro atoms. The van der Waals surface area contributed by atoms with Crippen LogP contribution in [0, 0.1) is 28.6 Å². The molecule has 0 aromatic heterocycles. The Kier molecular flexibility index (Phi) is 3.32. The first-order chi connectivity index (χ1) is 11.2. The molecule has 0 aliphatic heterocycles. The molecule has 0 bridgehead atoms. The predicted octanol–water partition coefficient (Wildman–Crippen LogP) is 3.61. The number of ketones is 2. The first-order valence-corrected chi connectivity index (χ1v) is 9.36. The molecular formula is C21H28O3. The number of allylic oxidation sites excluding steroid dienone is 3. The van der Waals surface area contributed by atoms with Gasteiger partial charge in [0.1, 0.15) is 5.60 Å². The maximum atomic E-state index is 13.0. The number of hydrogen-bond acceptors (Lipinski definition) is 3. The van der Waals surface area contributed by atoms with Gasteiger partial charge < -0.3 is 5.11 Å². The van der Waals surface area contributed by atoms with E-state index in [1.165, 1.54) is 0 Å². The highest BCUT2D eigenvalue weighted by molar-refractivity contribution is 5.95. The van der Waals surface area contributed by atoms with Crippen LogP contribution < -0.4 is 0 Å². The van der Waals surface area contributed by atoms with Crippen LogP contribution in [-0.4, -0.2) is 22.3 Å². The Labute approximate surface area is 144 Å². The molecule has 0 amide bonds. The van der Waals surface area contributed by atoms with Crippen molar-refractivity contribution < 1.29 is 14.7 Å². The molecule has 0 aromatic rings. The summed E-state index contributed by atoms with van der Waals surface area (Å²) in [5, 5.41) is 11.2. The molecule has 24 heavy (non-hydrogen) atoms. The average Bonchev–Trinajstić information content (AvgIpc) is 2.87. The fraction of sp³-hybridized carbons (Fsp3) is 0.714. The van der Waals surface area contributed by atoms with Crippen LogP contribution in [0.3, 0.4) is 0 Å². The number of rotatable bonds is 1. The van der Waals surface area contributed by atoms with Gasteiger partial charge in [0.05, 0.1) is 0 Å². The van der Waals surface area contributed by atoms with Gasteiger partial charge in [-0.05, 0) is 61.3 Å². The standard InChI is InChI=1S/C21H28O3/c1-13(22)15-6-7-16-14-12-18(23)21(24)10-5-4-9-20(21,3)17(14)8-11-19(15,16)2/h4-6,14,16-17,24H,7-12H2,1-3H3/t14-,16-,17-,19+,20+,21-/m0/s1. The van der Waals surface area contributed by atoms with Gasteiger partial charge in [0.2, 0.25) is 0 Å². The van der Waals surface area contributed by atoms with Gasteiger partial charge in [-0.2, -0.15) is 0 Å². The molecule has 2 fully saturated rings. The van der Waals surface area contributed by atoms with Crippen LogP contribution in [0.4, 0.5) is 0 Å². The van der Waals surface area contributed by atoms with Crippen molar-refractivity contribution in [2.75, 3.05) is 0 Å².